The molecule has 1 unspecified atom stereocenters. The van der Waals surface area contributed by atoms with Crippen molar-refractivity contribution in [2.45, 2.75) is 63.8 Å². The van der Waals surface area contributed by atoms with Crippen LogP contribution in [0.3, 0.4) is 0 Å². The third kappa shape index (κ3) is 1.91. The molecule has 3 saturated carbocycles. The average Bonchev–Trinajstić information content (AvgIpc) is 2.84. The molecule has 0 heterocycles. The second-order valence-corrected chi connectivity index (χ2v) is 8.10. The molecular formula is C19H23NO3. The Kier molecular flexibility index (Phi) is 3.25. The van der Waals surface area contributed by atoms with Crippen molar-refractivity contribution >= 4 is 17.6 Å². The van der Waals surface area contributed by atoms with Crippen LogP contribution in [0.1, 0.15) is 58.3 Å². The lowest BCUT2D eigenvalue weighted by Gasteiger charge is -2.55. The van der Waals surface area contributed by atoms with Gasteiger partial charge in [-0.25, -0.2) is 4.79 Å². The van der Waals surface area contributed by atoms with Gasteiger partial charge in [0.25, 0.3) is 0 Å². The zero-order chi connectivity index (χ0) is 16.2. The molecule has 0 bridgehead atoms. The van der Waals surface area contributed by atoms with Crippen LogP contribution in [0.25, 0.3) is 0 Å². The molecule has 122 valence electrons. The van der Waals surface area contributed by atoms with Gasteiger partial charge in [-0.15, -0.1) is 0 Å². The molecule has 0 radical (unpaired) electrons. The zero-order valence-electron chi connectivity index (χ0n) is 13.6. The van der Waals surface area contributed by atoms with Crippen molar-refractivity contribution in [2.75, 3.05) is 0 Å². The Balaban J connectivity index is 1.77. The summed E-state index contributed by atoms with van der Waals surface area (Å²) in [5.74, 6) is 1.75. The highest BCUT2D eigenvalue weighted by molar-refractivity contribution is 5.92. The SMILES string of the molecule is C[C@]12CC[C@H]3[C@@H](CCC4=CC(=O)CCC43N=C=O)[C@@H]1CCC2=O. The molecule has 0 aromatic rings. The minimum atomic E-state index is -0.508. The first kappa shape index (κ1) is 15.0. The second kappa shape index (κ2) is 4.98. The third-order valence-electron chi connectivity index (χ3n) is 7.40. The van der Waals surface area contributed by atoms with Crippen molar-refractivity contribution < 1.29 is 14.4 Å². The molecule has 4 rings (SSSR count). The van der Waals surface area contributed by atoms with Gasteiger partial charge in [-0.1, -0.05) is 6.92 Å². The summed E-state index contributed by atoms with van der Waals surface area (Å²) in [6, 6.07) is 0. The molecule has 3 fully saturated rings. The van der Waals surface area contributed by atoms with Crippen LogP contribution >= 0.6 is 0 Å². The molecule has 5 atom stereocenters. The second-order valence-electron chi connectivity index (χ2n) is 8.10. The lowest BCUT2D eigenvalue weighted by Crippen LogP contribution is -2.54. The number of Topliss-reactive ketones (excluding diaryl/α,β-unsaturated/α-hetero) is 1. The summed E-state index contributed by atoms with van der Waals surface area (Å²) in [6.45, 7) is 2.15. The molecule has 4 nitrogen and oxygen atoms in total. The van der Waals surface area contributed by atoms with Crippen LogP contribution in [-0.2, 0) is 14.4 Å². The highest BCUT2D eigenvalue weighted by atomic mass is 16.1. The van der Waals surface area contributed by atoms with E-state index >= 15 is 0 Å². The van der Waals surface area contributed by atoms with Crippen molar-refractivity contribution in [2.24, 2.45) is 28.2 Å². The summed E-state index contributed by atoms with van der Waals surface area (Å²) < 4.78 is 0. The Morgan fingerprint density at radius 3 is 2.70 bits per heavy atom. The Hall–Kier alpha value is -1.54. The van der Waals surface area contributed by atoms with Crippen molar-refractivity contribution in [3.05, 3.63) is 11.6 Å². The number of ketones is 2. The summed E-state index contributed by atoms with van der Waals surface area (Å²) >= 11 is 0. The van der Waals surface area contributed by atoms with Crippen molar-refractivity contribution in [3.63, 3.8) is 0 Å². The number of hydrogen-bond acceptors (Lipinski definition) is 4. The third-order valence-corrected chi connectivity index (χ3v) is 7.40. The number of aliphatic imine (C=N–C) groups is 1. The number of nitrogens with zero attached hydrogens (tertiary/aromatic N) is 1. The predicted molar refractivity (Wildman–Crippen MR) is 84.5 cm³/mol. The van der Waals surface area contributed by atoms with E-state index in [9.17, 15) is 14.4 Å². The van der Waals surface area contributed by atoms with Gasteiger partial charge in [0.2, 0.25) is 6.08 Å². The summed E-state index contributed by atoms with van der Waals surface area (Å²) in [7, 11) is 0. The first-order valence-corrected chi connectivity index (χ1v) is 8.87. The summed E-state index contributed by atoms with van der Waals surface area (Å²) in [5, 5.41) is 0. The first-order chi connectivity index (χ1) is 11.0. The summed E-state index contributed by atoms with van der Waals surface area (Å²) in [6.07, 6.45) is 10.0. The molecule has 0 amide bonds. The highest BCUT2D eigenvalue weighted by Crippen LogP contribution is 2.62. The first-order valence-electron chi connectivity index (χ1n) is 8.87. The Labute approximate surface area is 136 Å². The maximum atomic E-state index is 12.4. The van der Waals surface area contributed by atoms with E-state index in [4.69, 9.17) is 0 Å². The number of rotatable bonds is 1. The molecular weight excluding hydrogens is 290 g/mol. The van der Waals surface area contributed by atoms with E-state index in [0.29, 0.717) is 42.8 Å². The van der Waals surface area contributed by atoms with Crippen LogP contribution in [0.5, 0.6) is 0 Å². The van der Waals surface area contributed by atoms with E-state index in [1.807, 2.05) is 6.08 Å². The maximum absolute atomic E-state index is 12.4. The molecule has 0 N–H and O–H groups in total. The van der Waals surface area contributed by atoms with E-state index in [1.165, 1.54) is 0 Å². The fraction of sp³-hybridized carbons (Fsp3) is 0.737. The minimum absolute atomic E-state index is 0.159. The lowest BCUT2D eigenvalue weighted by atomic mass is 9.50. The molecule has 4 heteroatoms. The predicted octanol–water partition coefficient (Wildman–Crippen LogP) is 3.16. The normalized spacial score (nSPS) is 45.4. The van der Waals surface area contributed by atoms with Gasteiger partial charge in [0.15, 0.2) is 5.78 Å². The molecule has 23 heavy (non-hydrogen) atoms. The van der Waals surface area contributed by atoms with Gasteiger partial charge in [-0.2, -0.15) is 4.99 Å². The standard InChI is InChI=1S/C19H23NO3/c1-18-8-7-16-14(15(18)4-5-17(18)23)3-2-12-10-13(22)6-9-19(12,16)20-11-21/h10,14-16H,2-9H2,1H3/t14-,15-,16-,18-,19?/m0/s1. The largest absolute Gasteiger partial charge is 0.299 e. The lowest BCUT2D eigenvalue weighted by molar-refractivity contribution is -0.131. The number of carbonyl (C=O) groups is 2. The van der Waals surface area contributed by atoms with Gasteiger partial charge in [0.05, 0.1) is 5.54 Å². The molecule has 0 aromatic heterocycles. The number of carbonyl (C=O) groups excluding carboxylic acids is 3. The van der Waals surface area contributed by atoms with Crippen molar-refractivity contribution in [1.29, 1.82) is 0 Å². The van der Waals surface area contributed by atoms with E-state index in [2.05, 4.69) is 11.9 Å². The summed E-state index contributed by atoms with van der Waals surface area (Å²) in [4.78, 5) is 39.7. The molecule has 0 saturated heterocycles. The van der Waals surface area contributed by atoms with E-state index in [0.717, 1.165) is 37.7 Å². The highest BCUT2D eigenvalue weighted by Gasteiger charge is 2.60. The van der Waals surface area contributed by atoms with Gasteiger partial charge < -0.3 is 0 Å². The number of hydrogen-bond donors (Lipinski definition) is 0. The van der Waals surface area contributed by atoms with Crippen LogP contribution in [0.2, 0.25) is 0 Å². The van der Waals surface area contributed by atoms with Crippen molar-refractivity contribution in [1.82, 2.24) is 0 Å². The van der Waals surface area contributed by atoms with Gasteiger partial charge in [0, 0.05) is 18.3 Å². The Morgan fingerprint density at radius 2 is 1.91 bits per heavy atom. The smallest absolute Gasteiger partial charge is 0.235 e. The molecule has 4 aliphatic carbocycles. The Morgan fingerprint density at radius 1 is 1.09 bits per heavy atom. The van der Waals surface area contributed by atoms with Crippen LogP contribution in [0.15, 0.2) is 16.6 Å². The minimum Gasteiger partial charge on any atom is -0.299 e. The Bertz CT molecular complexity index is 660. The molecule has 4 aliphatic rings. The van der Waals surface area contributed by atoms with Gasteiger partial charge in [-0.3, -0.25) is 9.59 Å². The molecule has 0 aliphatic heterocycles. The van der Waals surface area contributed by atoms with Crippen LogP contribution in [-0.4, -0.2) is 23.2 Å². The van der Waals surface area contributed by atoms with Gasteiger partial charge in [-0.05, 0) is 67.9 Å². The summed E-state index contributed by atoms with van der Waals surface area (Å²) in [5.41, 5.74) is 0.371. The van der Waals surface area contributed by atoms with E-state index in [1.54, 1.807) is 6.08 Å². The van der Waals surface area contributed by atoms with Crippen molar-refractivity contribution in [3.8, 4) is 0 Å². The maximum Gasteiger partial charge on any atom is 0.235 e. The van der Waals surface area contributed by atoms with Gasteiger partial charge in [0.1, 0.15) is 5.78 Å². The van der Waals surface area contributed by atoms with Crippen LogP contribution < -0.4 is 0 Å². The zero-order valence-corrected chi connectivity index (χ0v) is 13.6. The fourth-order valence-electron chi connectivity index (χ4n) is 6.25. The van der Waals surface area contributed by atoms with E-state index in [-0.39, 0.29) is 11.2 Å². The fourth-order valence-corrected chi connectivity index (χ4v) is 6.25. The van der Waals surface area contributed by atoms with Crippen LogP contribution in [0.4, 0.5) is 0 Å². The van der Waals surface area contributed by atoms with Gasteiger partial charge >= 0.3 is 0 Å². The average molecular weight is 313 g/mol. The number of fused-ring (bicyclic) bond motifs is 5. The topological polar surface area (TPSA) is 63.6 Å². The molecule has 0 aromatic carbocycles. The monoisotopic (exact) mass is 313 g/mol. The number of isocyanates is 1. The van der Waals surface area contributed by atoms with E-state index < -0.39 is 5.54 Å². The molecule has 0 spiro atoms. The van der Waals surface area contributed by atoms with Crippen LogP contribution in [0, 0.1) is 23.2 Å². The quantitative estimate of drug-likeness (QED) is 0.552.